The van der Waals surface area contributed by atoms with Crippen molar-refractivity contribution in [2.45, 2.75) is 0 Å². The molecular weight excluding hydrogens is 165 g/mol. The molecule has 0 radical (unpaired) electrons. The van der Waals surface area contributed by atoms with Crippen LogP contribution in [0.5, 0.6) is 0 Å². The lowest BCUT2D eigenvalue weighted by molar-refractivity contribution is 0.0588. The number of nitrogens with one attached hydrogen (secondary N) is 1. The summed E-state index contributed by atoms with van der Waals surface area (Å²) in [6.45, 7) is 0. The predicted octanol–water partition coefficient (Wildman–Crippen LogP) is 0.301. The van der Waals surface area contributed by atoms with E-state index in [0.29, 0.717) is 0 Å². The van der Waals surface area contributed by atoms with Gasteiger partial charge in [-0.25, -0.2) is 9.18 Å². The lowest BCUT2D eigenvalue weighted by atomic mass is 10.3. The normalized spacial score (nSPS) is 9.50. The van der Waals surface area contributed by atoms with Gasteiger partial charge in [-0.15, -0.1) is 0 Å². The van der Waals surface area contributed by atoms with Crippen LogP contribution in [0.4, 0.5) is 4.39 Å². The van der Waals surface area contributed by atoms with Gasteiger partial charge < -0.3 is 9.72 Å². The number of H-pyrrole nitrogens is 1. The minimum absolute atomic E-state index is 0.454. The van der Waals surface area contributed by atoms with Gasteiger partial charge in [-0.3, -0.25) is 4.79 Å². The van der Waals surface area contributed by atoms with E-state index < -0.39 is 22.9 Å². The number of ether oxygens (including phenoxy) is 1. The van der Waals surface area contributed by atoms with Crippen molar-refractivity contribution >= 4 is 5.97 Å². The largest absolute Gasteiger partial charge is 0.464 e. The van der Waals surface area contributed by atoms with Crippen molar-refractivity contribution in [3.63, 3.8) is 0 Å². The van der Waals surface area contributed by atoms with Crippen LogP contribution < -0.4 is 5.43 Å². The zero-order chi connectivity index (χ0) is 9.14. The lowest BCUT2D eigenvalue weighted by Crippen LogP contribution is -2.15. The molecule has 12 heavy (non-hydrogen) atoms. The number of carbonyl (C=O) groups excluding carboxylic acids is 1. The van der Waals surface area contributed by atoms with Gasteiger partial charge >= 0.3 is 5.97 Å². The maximum absolute atomic E-state index is 12.8. The summed E-state index contributed by atoms with van der Waals surface area (Å²) in [6, 6.07) is 0.988. The third kappa shape index (κ3) is 1.34. The Morgan fingerprint density at radius 1 is 1.67 bits per heavy atom. The third-order valence-electron chi connectivity index (χ3n) is 1.29. The molecule has 1 N–H and O–H groups in total. The first-order valence-corrected chi connectivity index (χ1v) is 3.12. The number of esters is 1. The molecule has 0 bridgehead atoms. The summed E-state index contributed by atoms with van der Waals surface area (Å²) >= 11 is 0. The molecule has 1 rings (SSSR count). The number of hydrogen-bond donors (Lipinski definition) is 1. The van der Waals surface area contributed by atoms with E-state index >= 15 is 0 Å². The first kappa shape index (κ1) is 8.45. The van der Waals surface area contributed by atoms with E-state index in [0.717, 1.165) is 13.2 Å². The van der Waals surface area contributed by atoms with Crippen LogP contribution in [0.1, 0.15) is 10.5 Å². The van der Waals surface area contributed by atoms with Crippen molar-refractivity contribution in [1.82, 2.24) is 4.98 Å². The Kier molecular flexibility index (Phi) is 2.23. The van der Waals surface area contributed by atoms with Gasteiger partial charge in [0.2, 0.25) is 11.2 Å². The van der Waals surface area contributed by atoms with Crippen LogP contribution in [-0.4, -0.2) is 18.1 Å². The Bertz CT molecular complexity index is 358. The molecule has 0 fully saturated rings. The molecule has 0 unspecified atom stereocenters. The number of methoxy groups -OCH3 is 1. The Balaban J connectivity index is 3.26. The van der Waals surface area contributed by atoms with E-state index in [1.165, 1.54) is 6.20 Å². The number of pyridine rings is 1. The van der Waals surface area contributed by atoms with Crippen LogP contribution in [0.15, 0.2) is 17.1 Å². The molecule has 0 atom stereocenters. The highest BCUT2D eigenvalue weighted by molar-refractivity contribution is 5.87. The maximum atomic E-state index is 12.8. The summed E-state index contributed by atoms with van der Waals surface area (Å²) in [4.78, 5) is 23.7. The van der Waals surface area contributed by atoms with Gasteiger partial charge in [0.05, 0.1) is 7.11 Å². The number of halogens is 1. The summed E-state index contributed by atoms with van der Waals surface area (Å²) < 4.78 is 17.0. The Morgan fingerprint density at radius 2 is 2.33 bits per heavy atom. The summed E-state index contributed by atoms with van der Waals surface area (Å²) in [7, 11) is 1.10. The van der Waals surface area contributed by atoms with Gasteiger partial charge in [0.15, 0.2) is 5.69 Å². The van der Waals surface area contributed by atoms with E-state index in [1.54, 1.807) is 0 Å². The standard InChI is InChI=1S/C7H6FNO3/c1-12-7(11)6-5(8)4(10)2-3-9-6/h2-3H,1H3,(H,9,10). The molecule has 1 aromatic heterocycles. The van der Waals surface area contributed by atoms with Crippen molar-refractivity contribution in [3.8, 4) is 0 Å². The monoisotopic (exact) mass is 171 g/mol. The fourth-order valence-corrected chi connectivity index (χ4v) is 0.711. The highest BCUT2D eigenvalue weighted by atomic mass is 19.1. The van der Waals surface area contributed by atoms with E-state index in [9.17, 15) is 14.0 Å². The van der Waals surface area contributed by atoms with Crippen LogP contribution >= 0.6 is 0 Å². The first-order chi connectivity index (χ1) is 5.66. The van der Waals surface area contributed by atoms with Crippen LogP contribution in [0.3, 0.4) is 0 Å². The van der Waals surface area contributed by atoms with Gasteiger partial charge in [0.1, 0.15) is 0 Å². The minimum atomic E-state index is -1.12. The molecule has 5 heteroatoms. The van der Waals surface area contributed by atoms with E-state index in [2.05, 4.69) is 9.72 Å². The van der Waals surface area contributed by atoms with Crippen molar-refractivity contribution in [2.75, 3.05) is 7.11 Å². The minimum Gasteiger partial charge on any atom is -0.464 e. The Labute approximate surface area is 67.0 Å². The second kappa shape index (κ2) is 3.17. The summed E-state index contributed by atoms with van der Waals surface area (Å²) in [5, 5.41) is 0. The lowest BCUT2D eigenvalue weighted by Gasteiger charge is -1.98. The SMILES string of the molecule is COC(=O)c1[nH]ccc(=O)c1F. The molecule has 0 aliphatic carbocycles. The van der Waals surface area contributed by atoms with Crippen LogP contribution in [-0.2, 0) is 4.74 Å². The molecule has 0 aromatic carbocycles. The summed E-state index contributed by atoms with van der Waals surface area (Å²) in [5.74, 6) is -2.02. The number of carbonyl (C=O) groups is 1. The molecule has 0 spiro atoms. The van der Waals surface area contributed by atoms with Gasteiger partial charge in [-0.05, 0) is 0 Å². The van der Waals surface area contributed by atoms with Crippen LogP contribution in [0.25, 0.3) is 0 Å². The fourth-order valence-electron chi connectivity index (χ4n) is 0.711. The highest BCUT2D eigenvalue weighted by Crippen LogP contribution is 1.98. The Hall–Kier alpha value is -1.65. The van der Waals surface area contributed by atoms with Gasteiger partial charge in [-0.2, -0.15) is 0 Å². The molecule has 1 heterocycles. The molecule has 4 nitrogen and oxygen atoms in total. The molecule has 0 saturated carbocycles. The van der Waals surface area contributed by atoms with Crippen molar-refractivity contribution < 1.29 is 13.9 Å². The van der Waals surface area contributed by atoms with E-state index in [-0.39, 0.29) is 0 Å². The fraction of sp³-hybridized carbons (Fsp3) is 0.143. The van der Waals surface area contributed by atoms with Gasteiger partial charge in [0, 0.05) is 12.3 Å². The van der Waals surface area contributed by atoms with E-state index in [1.807, 2.05) is 0 Å². The molecular formula is C7H6FNO3. The van der Waals surface area contributed by atoms with Crippen molar-refractivity contribution in [2.24, 2.45) is 0 Å². The Morgan fingerprint density at radius 3 is 2.92 bits per heavy atom. The maximum Gasteiger partial charge on any atom is 0.357 e. The second-order valence-electron chi connectivity index (χ2n) is 2.02. The molecule has 0 amide bonds. The quantitative estimate of drug-likeness (QED) is 0.618. The summed E-state index contributed by atoms with van der Waals surface area (Å²) in [5.41, 5.74) is -1.29. The number of aromatic nitrogens is 1. The van der Waals surface area contributed by atoms with E-state index in [4.69, 9.17) is 0 Å². The molecule has 0 saturated heterocycles. The van der Waals surface area contributed by atoms with Crippen LogP contribution in [0.2, 0.25) is 0 Å². The van der Waals surface area contributed by atoms with Crippen molar-refractivity contribution in [1.29, 1.82) is 0 Å². The summed E-state index contributed by atoms with van der Waals surface area (Å²) in [6.07, 6.45) is 1.18. The molecule has 0 aliphatic rings. The highest BCUT2D eigenvalue weighted by Gasteiger charge is 2.13. The predicted molar refractivity (Wildman–Crippen MR) is 38.4 cm³/mol. The zero-order valence-electron chi connectivity index (χ0n) is 6.26. The average Bonchev–Trinajstić information content (AvgIpc) is 2.08. The molecule has 0 aliphatic heterocycles. The zero-order valence-corrected chi connectivity index (χ0v) is 6.26. The van der Waals surface area contributed by atoms with Gasteiger partial charge in [-0.1, -0.05) is 0 Å². The topological polar surface area (TPSA) is 59.2 Å². The van der Waals surface area contributed by atoms with Crippen molar-refractivity contribution in [3.05, 3.63) is 34.0 Å². The molecule has 64 valence electrons. The molecule has 1 aromatic rings. The third-order valence-corrected chi connectivity index (χ3v) is 1.29. The smallest absolute Gasteiger partial charge is 0.357 e. The number of rotatable bonds is 1. The van der Waals surface area contributed by atoms with Gasteiger partial charge in [0.25, 0.3) is 0 Å². The number of hydrogen-bond acceptors (Lipinski definition) is 3. The second-order valence-corrected chi connectivity index (χ2v) is 2.02. The average molecular weight is 171 g/mol. The number of aromatic amines is 1. The first-order valence-electron chi connectivity index (χ1n) is 3.12. The van der Waals surface area contributed by atoms with Crippen LogP contribution in [0, 0.1) is 5.82 Å².